The lowest BCUT2D eigenvalue weighted by molar-refractivity contribution is 0.307. The van der Waals surface area contributed by atoms with E-state index < -0.39 is 0 Å². The third-order valence-electron chi connectivity index (χ3n) is 3.55. The Hall–Kier alpha value is -0.300. The fourth-order valence-corrected chi connectivity index (χ4v) is 2.53. The van der Waals surface area contributed by atoms with Crippen LogP contribution in [0.25, 0.3) is 0 Å². The summed E-state index contributed by atoms with van der Waals surface area (Å²) in [5, 5.41) is 3.31. The highest BCUT2D eigenvalue weighted by Gasteiger charge is 2.14. The van der Waals surface area contributed by atoms with Gasteiger partial charge in [0.15, 0.2) is 5.96 Å². The van der Waals surface area contributed by atoms with Crippen molar-refractivity contribution in [1.82, 2.24) is 10.2 Å². The number of aliphatic imine (C=N–C) groups is 1. The zero-order chi connectivity index (χ0) is 11.9. The number of rotatable bonds is 4. The third-order valence-corrected chi connectivity index (χ3v) is 3.55. The van der Waals surface area contributed by atoms with Gasteiger partial charge in [0.05, 0.1) is 6.54 Å². The average Bonchev–Trinajstić information content (AvgIpc) is 2.83. The van der Waals surface area contributed by atoms with Crippen molar-refractivity contribution < 1.29 is 0 Å². The molecule has 0 aromatic heterocycles. The van der Waals surface area contributed by atoms with E-state index in [1.54, 1.807) is 0 Å². The van der Waals surface area contributed by atoms with Gasteiger partial charge in [0, 0.05) is 25.7 Å². The molecule has 0 saturated heterocycles. The van der Waals surface area contributed by atoms with E-state index >= 15 is 0 Å². The fraction of sp³-hybridized carbons (Fsp3) is 0.769. The molecule has 0 aromatic rings. The van der Waals surface area contributed by atoms with Crippen LogP contribution in [-0.4, -0.2) is 43.1 Å². The minimum atomic E-state index is 0. The molecule has 104 valence electrons. The molecule has 5 heteroatoms. The van der Waals surface area contributed by atoms with Crippen molar-refractivity contribution in [1.29, 1.82) is 0 Å². The molecule has 0 radical (unpaired) electrons. The number of guanidine groups is 1. The summed E-state index contributed by atoms with van der Waals surface area (Å²) in [6, 6.07) is 0.566. The lowest BCUT2D eigenvalue weighted by atomic mass is 10.2. The molecule has 1 aliphatic heterocycles. The van der Waals surface area contributed by atoms with Crippen molar-refractivity contribution in [3.63, 3.8) is 0 Å². The Morgan fingerprint density at radius 2 is 2.11 bits per heavy atom. The van der Waals surface area contributed by atoms with Gasteiger partial charge in [-0.15, -0.1) is 24.0 Å². The van der Waals surface area contributed by atoms with Gasteiger partial charge in [-0.3, -0.25) is 9.89 Å². The van der Waals surface area contributed by atoms with E-state index in [9.17, 15) is 0 Å². The summed E-state index contributed by atoms with van der Waals surface area (Å²) in [4.78, 5) is 6.81. The number of hydrogen-bond acceptors (Lipinski definition) is 2. The molecule has 1 fully saturated rings. The highest BCUT2D eigenvalue weighted by molar-refractivity contribution is 14.0. The molecule has 2 aliphatic rings. The van der Waals surface area contributed by atoms with Gasteiger partial charge in [0.25, 0.3) is 0 Å². The number of hydrogen-bond donors (Lipinski definition) is 2. The van der Waals surface area contributed by atoms with E-state index in [4.69, 9.17) is 5.73 Å². The Labute approximate surface area is 127 Å². The standard InChI is InChI=1S/C13H24N4.HI/c14-13(16-12-6-2-3-7-12)15-8-11-17-9-4-1-5-10-17;/h1,4,12H,2-3,5-11H2,(H3,14,15,16);1H. The first-order valence-electron chi connectivity index (χ1n) is 6.78. The van der Waals surface area contributed by atoms with E-state index in [1.807, 2.05) is 0 Å². The van der Waals surface area contributed by atoms with E-state index in [2.05, 4.69) is 27.4 Å². The van der Waals surface area contributed by atoms with E-state index in [1.165, 1.54) is 32.1 Å². The molecule has 0 unspecified atom stereocenters. The van der Waals surface area contributed by atoms with E-state index in [-0.39, 0.29) is 24.0 Å². The molecular weight excluding hydrogens is 339 g/mol. The van der Waals surface area contributed by atoms with Crippen molar-refractivity contribution >= 4 is 29.9 Å². The summed E-state index contributed by atoms with van der Waals surface area (Å²) < 4.78 is 0. The zero-order valence-corrected chi connectivity index (χ0v) is 13.3. The Bertz CT molecular complexity index is 285. The van der Waals surface area contributed by atoms with Crippen LogP contribution in [0.4, 0.5) is 0 Å². The molecule has 0 spiro atoms. The molecule has 0 bridgehead atoms. The lowest BCUT2D eigenvalue weighted by Gasteiger charge is -2.22. The van der Waals surface area contributed by atoms with Crippen LogP contribution in [0.1, 0.15) is 32.1 Å². The SMILES string of the molecule is I.NC(=NCCN1CC=CCC1)NC1CCCC1. The lowest BCUT2D eigenvalue weighted by Crippen LogP contribution is -2.39. The van der Waals surface area contributed by atoms with Crippen LogP contribution in [0.3, 0.4) is 0 Å². The summed E-state index contributed by atoms with van der Waals surface area (Å²) in [6.07, 6.45) is 10.8. The first-order valence-corrected chi connectivity index (χ1v) is 6.78. The molecule has 2 rings (SSSR count). The molecule has 18 heavy (non-hydrogen) atoms. The topological polar surface area (TPSA) is 53.6 Å². The zero-order valence-electron chi connectivity index (χ0n) is 11.0. The summed E-state index contributed by atoms with van der Waals surface area (Å²) in [5.74, 6) is 0.629. The van der Waals surface area contributed by atoms with Gasteiger partial charge in [0.1, 0.15) is 0 Å². The van der Waals surface area contributed by atoms with Crippen LogP contribution in [0, 0.1) is 0 Å². The number of nitrogens with one attached hydrogen (secondary N) is 1. The Morgan fingerprint density at radius 3 is 2.78 bits per heavy atom. The molecule has 0 aromatic carbocycles. The average molecular weight is 364 g/mol. The Balaban J connectivity index is 0.00000162. The van der Waals surface area contributed by atoms with Crippen molar-refractivity contribution in [3.05, 3.63) is 12.2 Å². The predicted molar refractivity (Wildman–Crippen MR) is 87.5 cm³/mol. The maximum Gasteiger partial charge on any atom is 0.188 e. The fourth-order valence-electron chi connectivity index (χ4n) is 2.53. The first-order chi connectivity index (χ1) is 8.34. The van der Waals surface area contributed by atoms with Crippen molar-refractivity contribution in [3.8, 4) is 0 Å². The largest absolute Gasteiger partial charge is 0.370 e. The quantitative estimate of drug-likeness (QED) is 0.346. The first kappa shape index (κ1) is 15.8. The van der Waals surface area contributed by atoms with Gasteiger partial charge < -0.3 is 11.1 Å². The number of nitrogens with two attached hydrogens (primary N) is 1. The molecule has 1 saturated carbocycles. The second-order valence-corrected chi connectivity index (χ2v) is 4.95. The van der Waals surface area contributed by atoms with Crippen LogP contribution in [0.15, 0.2) is 17.1 Å². The van der Waals surface area contributed by atoms with Gasteiger partial charge >= 0.3 is 0 Å². The van der Waals surface area contributed by atoms with Gasteiger partial charge in [-0.25, -0.2) is 0 Å². The van der Waals surface area contributed by atoms with Gasteiger partial charge in [-0.05, 0) is 19.3 Å². The Kier molecular flexibility index (Phi) is 7.65. The molecule has 4 nitrogen and oxygen atoms in total. The molecule has 0 amide bonds. The van der Waals surface area contributed by atoms with E-state index in [0.29, 0.717) is 12.0 Å². The highest BCUT2D eigenvalue weighted by atomic mass is 127. The Morgan fingerprint density at radius 1 is 1.33 bits per heavy atom. The summed E-state index contributed by atoms with van der Waals surface area (Å²) in [5.41, 5.74) is 5.88. The van der Waals surface area contributed by atoms with Crippen LogP contribution in [0.5, 0.6) is 0 Å². The maximum atomic E-state index is 5.88. The van der Waals surface area contributed by atoms with E-state index in [0.717, 1.165) is 26.2 Å². The predicted octanol–water partition coefficient (Wildman–Crippen LogP) is 1.71. The minimum Gasteiger partial charge on any atom is -0.370 e. The molecule has 3 N–H and O–H groups in total. The molecule has 0 atom stereocenters. The third kappa shape index (κ3) is 5.56. The monoisotopic (exact) mass is 364 g/mol. The normalized spacial score (nSPS) is 21.9. The smallest absolute Gasteiger partial charge is 0.188 e. The summed E-state index contributed by atoms with van der Waals surface area (Å²) in [7, 11) is 0. The van der Waals surface area contributed by atoms with Crippen molar-refractivity contribution in [2.45, 2.75) is 38.1 Å². The van der Waals surface area contributed by atoms with Crippen LogP contribution < -0.4 is 11.1 Å². The second kappa shape index (κ2) is 8.74. The van der Waals surface area contributed by atoms with Crippen molar-refractivity contribution in [2.24, 2.45) is 10.7 Å². The second-order valence-electron chi connectivity index (χ2n) is 4.95. The minimum absolute atomic E-state index is 0. The number of halogens is 1. The summed E-state index contributed by atoms with van der Waals surface area (Å²) >= 11 is 0. The van der Waals surface area contributed by atoms with Crippen LogP contribution in [-0.2, 0) is 0 Å². The van der Waals surface area contributed by atoms with Crippen molar-refractivity contribution in [2.75, 3.05) is 26.2 Å². The molecule has 1 aliphatic carbocycles. The number of nitrogens with zero attached hydrogens (tertiary/aromatic N) is 2. The van der Waals surface area contributed by atoms with Crippen LogP contribution >= 0.6 is 24.0 Å². The molecule has 1 heterocycles. The van der Waals surface area contributed by atoms with Crippen LogP contribution in [0.2, 0.25) is 0 Å². The highest BCUT2D eigenvalue weighted by Crippen LogP contribution is 2.17. The molecular formula is C13H25IN4. The summed E-state index contributed by atoms with van der Waals surface area (Å²) in [6.45, 7) is 4.03. The van der Waals surface area contributed by atoms with Gasteiger partial charge in [0.2, 0.25) is 0 Å². The van der Waals surface area contributed by atoms with Gasteiger partial charge in [-0.1, -0.05) is 25.0 Å². The maximum absolute atomic E-state index is 5.88. The van der Waals surface area contributed by atoms with Gasteiger partial charge in [-0.2, -0.15) is 0 Å².